The quantitative estimate of drug-likeness (QED) is 0.650. The number of fused-ring (bicyclic) bond motifs is 1. The van der Waals surface area contributed by atoms with Crippen LogP contribution in [0.4, 0.5) is 13.2 Å². The summed E-state index contributed by atoms with van der Waals surface area (Å²) in [4.78, 5) is 7.49. The summed E-state index contributed by atoms with van der Waals surface area (Å²) in [6, 6.07) is 3.77. The highest BCUT2D eigenvalue weighted by Crippen LogP contribution is 2.33. The lowest BCUT2D eigenvalue weighted by Crippen LogP contribution is -2.06. The van der Waals surface area contributed by atoms with Crippen molar-refractivity contribution in [2.45, 2.75) is 6.18 Å². The number of hydrogen-bond donors (Lipinski definition) is 0. The molecule has 0 fully saturated rings. The molecule has 0 radical (unpaired) electrons. The molecule has 14 heavy (non-hydrogen) atoms. The summed E-state index contributed by atoms with van der Waals surface area (Å²) < 4.78 is 37.4. The van der Waals surface area contributed by atoms with E-state index >= 15 is 0 Å². The smallest absolute Gasteiger partial charge is 0.237 e. The van der Waals surface area contributed by atoms with Crippen LogP contribution in [0, 0.1) is 0 Å². The van der Waals surface area contributed by atoms with Crippen LogP contribution in [-0.4, -0.2) is 9.97 Å². The second-order valence-electron chi connectivity index (χ2n) is 2.73. The minimum absolute atomic E-state index is 0.0301. The molecule has 0 amide bonds. The van der Waals surface area contributed by atoms with Gasteiger partial charge in [-0.05, 0) is 18.2 Å². The van der Waals surface area contributed by atoms with Gasteiger partial charge in [-0.25, -0.2) is 9.97 Å². The van der Waals surface area contributed by atoms with Crippen molar-refractivity contribution in [2.75, 3.05) is 0 Å². The predicted octanol–water partition coefficient (Wildman–Crippen LogP) is 2.65. The summed E-state index contributed by atoms with van der Waals surface area (Å²) in [5, 5.41) is 0.0301. The lowest BCUT2D eigenvalue weighted by atomic mass is 10.1. The highest BCUT2D eigenvalue weighted by Gasteiger charge is 2.32. The maximum absolute atomic E-state index is 12.5. The van der Waals surface area contributed by atoms with Crippen LogP contribution in [-0.2, 0) is 6.18 Å². The average Bonchev–Trinajstić information content (AvgIpc) is 2.15. The van der Waals surface area contributed by atoms with Crippen molar-refractivity contribution in [3.63, 3.8) is 0 Å². The zero-order valence-electron chi connectivity index (χ0n) is 6.92. The Hall–Kier alpha value is -1.65. The second-order valence-corrected chi connectivity index (χ2v) is 2.73. The van der Waals surface area contributed by atoms with Crippen molar-refractivity contribution in [3.8, 4) is 0 Å². The largest absolute Gasteiger partial charge is 0.417 e. The van der Waals surface area contributed by atoms with Gasteiger partial charge in [0.15, 0.2) is 5.65 Å². The fourth-order valence-electron chi connectivity index (χ4n) is 1.23. The van der Waals surface area contributed by atoms with E-state index in [4.69, 9.17) is 0 Å². The Kier molecular flexibility index (Phi) is 1.87. The zero-order chi connectivity index (χ0) is 10.2. The van der Waals surface area contributed by atoms with Crippen molar-refractivity contribution in [3.05, 3.63) is 36.2 Å². The van der Waals surface area contributed by atoms with E-state index in [0.29, 0.717) is 0 Å². The maximum Gasteiger partial charge on any atom is 0.417 e. The molecule has 2 aromatic heterocycles. The van der Waals surface area contributed by atoms with Crippen LogP contribution in [0.15, 0.2) is 30.6 Å². The molecule has 2 heterocycles. The first kappa shape index (κ1) is 8.93. The summed E-state index contributed by atoms with van der Waals surface area (Å²) in [6.45, 7) is 0. The molecule has 5 heteroatoms. The molecule has 72 valence electrons. The molecule has 2 rings (SSSR count). The number of alkyl halides is 3. The third kappa shape index (κ3) is 1.41. The summed E-state index contributed by atoms with van der Waals surface area (Å²) in [6.07, 6.45) is -1.84. The van der Waals surface area contributed by atoms with E-state index in [-0.39, 0.29) is 11.0 Å². The van der Waals surface area contributed by atoms with E-state index in [0.717, 1.165) is 12.3 Å². The first-order chi connectivity index (χ1) is 6.59. The standard InChI is InChI=1S/C9H5F3N2/c10-9(11,12)7-3-5-14-8-6(7)2-1-4-13-8/h1-5H. The molecule has 0 aliphatic rings. The third-order valence-corrected chi connectivity index (χ3v) is 1.82. The Labute approximate surface area is 77.4 Å². The topological polar surface area (TPSA) is 25.8 Å². The molecular weight excluding hydrogens is 193 g/mol. The highest BCUT2D eigenvalue weighted by molar-refractivity contribution is 5.78. The molecular formula is C9H5F3N2. The van der Waals surface area contributed by atoms with Crippen molar-refractivity contribution in [1.82, 2.24) is 9.97 Å². The molecule has 0 spiro atoms. The van der Waals surface area contributed by atoms with Crippen LogP contribution in [0.1, 0.15) is 5.56 Å². The zero-order valence-corrected chi connectivity index (χ0v) is 6.92. The average molecular weight is 198 g/mol. The van der Waals surface area contributed by atoms with Gasteiger partial charge >= 0.3 is 6.18 Å². The molecule has 0 atom stereocenters. The molecule has 0 saturated heterocycles. The Bertz CT molecular complexity index is 460. The van der Waals surface area contributed by atoms with Crippen LogP contribution >= 0.6 is 0 Å². The van der Waals surface area contributed by atoms with Gasteiger partial charge in [0.05, 0.1) is 5.56 Å². The van der Waals surface area contributed by atoms with Crippen molar-refractivity contribution < 1.29 is 13.2 Å². The summed E-state index contributed by atoms with van der Waals surface area (Å²) in [7, 11) is 0. The monoisotopic (exact) mass is 198 g/mol. The minimum Gasteiger partial charge on any atom is -0.237 e. The van der Waals surface area contributed by atoms with Crippen LogP contribution < -0.4 is 0 Å². The van der Waals surface area contributed by atoms with Crippen LogP contribution in [0.25, 0.3) is 11.0 Å². The molecule has 0 aliphatic carbocycles. The first-order valence-corrected chi connectivity index (χ1v) is 3.86. The van der Waals surface area contributed by atoms with Gasteiger partial charge < -0.3 is 0 Å². The number of rotatable bonds is 0. The van der Waals surface area contributed by atoms with Crippen LogP contribution in [0.2, 0.25) is 0 Å². The highest BCUT2D eigenvalue weighted by atomic mass is 19.4. The van der Waals surface area contributed by atoms with Gasteiger partial charge in [-0.1, -0.05) is 0 Å². The van der Waals surface area contributed by atoms with Gasteiger partial charge in [0.25, 0.3) is 0 Å². The number of aromatic nitrogens is 2. The Balaban J connectivity index is 2.78. The number of halogens is 3. The third-order valence-electron chi connectivity index (χ3n) is 1.82. The SMILES string of the molecule is FC(F)(F)c1ccnc2ncccc12. The maximum atomic E-state index is 12.5. The summed E-state index contributed by atoms with van der Waals surface area (Å²) >= 11 is 0. The molecule has 0 aliphatic heterocycles. The van der Waals surface area contributed by atoms with Crippen LogP contribution in [0.5, 0.6) is 0 Å². The van der Waals surface area contributed by atoms with Crippen molar-refractivity contribution in [2.24, 2.45) is 0 Å². The van der Waals surface area contributed by atoms with Crippen molar-refractivity contribution in [1.29, 1.82) is 0 Å². The van der Waals surface area contributed by atoms with Gasteiger partial charge in [0.1, 0.15) is 0 Å². The van der Waals surface area contributed by atoms with Gasteiger partial charge in [0.2, 0.25) is 0 Å². The lowest BCUT2D eigenvalue weighted by molar-refractivity contribution is -0.136. The van der Waals surface area contributed by atoms with E-state index in [1.165, 1.54) is 18.3 Å². The molecule has 2 aromatic rings. The number of hydrogen-bond acceptors (Lipinski definition) is 2. The first-order valence-electron chi connectivity index (χ1n) is 3.86. The Morgan fingerprint density at radius 1 is 1.00 bits per heavy atom. The van der Waals surface area contributed by atoms with E-state index in [1.54, 1.807) is 0 Å². The Morgan fingerprint density at radius 3 is 2.43 bits per heavy atom. The molecule has 0 aromatic carbocycles. The summed E-state index contributed by atoms with van der Waals surface area (Å²) in [5.41, 5.74) is -0.585. The number of nitrogens with zero attached hydrogens (tertiary/aromatic N) is 2. The van der Waals surface area contributed by atoms with Gasteiger partial charge in [-0.2, -0.15) is 13.2 Å². The molecule has 0 unspecified atom stereocenters. The van der Waals surface area contributed by atoms with E-state index < -0.39 is 11.7 Å². The normalized spacial score (nSPS) is 11.9. The van der Waals surface area contributed by atoms with E-state index in [9.17, 15) is 13.2 Å². The van der Waals surface area contributed by atoms with Gasteiger partial charge in [-0.15, -0.1) is 0 Å². The molecule has 2 nitrogen and oxygen atoms in total. The number of pyridine rings is 2. The second kappa shape index (κ2) is 2.94. The van der Waals surface area contributed by atoms with Gasteiger partial charge in [0, 0.05) is 17.8 Å². The Morgan fingerprint density at radius 2 is 1.71 bits per heavy atom. The van der Waals surface area contributed by atoms with E-state index in [2.05, 4.69) is 9.97 Å². The fourth-order valence-corrected chi connectivity index (χ4v) is 1.23. The summed E-state index contributed by atoms with van der Waals surface area (Å²) in [5.74, 6) is 0. The molecule has 0 N–H and O–H groups in total. The molecule has 0 bridgehead atoms. The fraction of sp³-hybridized carbons (Fsp3) is 0.111. The molecule has 0 saturated carbocycles. The van der Waals surface area contributed by atoms with Crippen molar-refractivity contribution >= 4 is 11.0 Å². The van der Waals surface area contributed by atoms with E-state index in [1.807, 2.05) is 0 Å². The minimum atomic E-state index is -4.36. The van der Waals surface area contributed by atoms with Crippen LogP contribution in [0.3, 0.4) is 0 Å². The predicted molar refractivity (Wildman–Crippen MR) is 44.5 cm³/mol. The van der Waals surface area contributed by atoms with Gasteiger partial charge in [-0.3, -0.25) is 0 Å². The lowest BCUT2D eigenvalue weighted by Gasteiger charge is -2.08.